The van der Waals surface area contributed by atoms with Gasteiger partial charge in [0.1, 0.15) is 0 Å². The Labute approximate surface area is 129 Å². The monoisotopic (exact) mass is 366 g/mol. The van der Waals surface area contributed by atoms with Crippen LogP contribution in [0.2, 0.25) is 0 Å². The summed E-state index contributed by atoms with van der Waals surface area (Å²) >= 11 is -4.01. The fourth-order valence-corrected chi connectivity index (χ4v) is 7.11. The third-order valence-electron chi connectivity index (χ3n) is 2.85. The molecule has 104 valence electrons. The van der Waals surface area contributed by atoms with Crippen molar-refractivity contribution in [2.45, 2.75) is 4.09 Å². The molecule has 20 heavy (non-hydrogen) atoms. The molecule has 3 aromatic heterocycles. The van der Waals surface area contributed by atoms with E-state index >= 15 is 0 Å². The van der Waals surface area contributed by atoms with Gasteiger partial charge in [0.05, 0.1) is 0 Å². The van der Waals surface area contributed by atoms with E-state index in [-0.39, 0.29) is 0 Å². The van der Waals surface area contributed by atoms with Crippen molar-refractivity contribution < 1.29 is 13.4 Å². The first-order valence-corrected chi connectivity index (χ1v) is 12.9. The molecule has 6 nitrogen and oxygen atoms in total. The third kappa shape index (κ3) is 2.03. The van der Waals surface area contributed by atoms with Crippen LogP contribution in [0.3, 0.4) is 0 Å². The molecule has 0 saturated heterocycles. The van der Waals surface area contributed by atoms with E-state index in [1.54, 1.807) is 69.4 Å². The summed E-state index contributed by atoms with van der Waals surface area (Å²) < 4.78 is 3.56. The molecular weight excluding hydrogens is 358 g/mol. The van der Waals surface area contributed by atoms with Crippen LogP contribution >= 0.6 is 27.9 Å². The van der Waals surface area contributed by atoms with Crippen LogP contribution < -0.4 is 0 Å². The van der Waals surface area contributed by atoms with Crippen molar-refractivity contribution in [3.8, 4) is 0 Å². The maximum absolute atomic E-state index is 6.47. The van der Waals surface area contributed by atoms with E-state index in [1.165, 1.54) is 0 Å². The summed E-state index contributed by atoms with van der Waals surface area (Å²) in [6.45, 7) is 0. The molecule has 0 unspecified atom stereocenters. The quantitative estimate of drug-likeness (QED) is 0.666. The second-order valence-electron chi connectivity index (χ2n) is 3.99. The molecule has 3 aromatic rings. The van der Waals surface area contributed by atoms with Crippen molar-refractivity contribution in [2.24, 2.45) is 0 Å². The van der Waals surface area contributed by atoms with Crippen LogP contribution in [-0.4, -0.2) is 29.3 Å². The molecule has 0 atom stereocenters. The SMILES string of the molecule is [Cl][Ti]([Cl])([Cl])[C](n1cccn1)(n1cccn1)n1cccn1. The molecule has 0 radical (unpaired) electrons. The summed E-state index contributed by atoms with van der Waals surface area (Å²) in [4.78, 5) is 0. The van der Waals surface area contributed by atoms with E-state index < -0.39 is 17.5 Å². The summed E-state index contributed by atoms with van der Waals surface area (Å²) in [5.74, 6) is 0. The van der Waals surface area contributed by atoms with E-state index in [0.717, 1.165) is 0 Å². The van der Waals surface area contributed by atoms with E-state index in [4.69, 9.17) is 27.9 Å². The van der Waals surface area contributed by atoms with Gasteiger partial charge >= 0.3 is 130 Å². The van der Waals surface area contributed by atoms with Gasteiger partial charge in [-0.15, -0.1) is 0 Å². The Hall–Kier alpha value is -0.786. The summed E-state index contributed by atoms with van der Waals surface area (Å²) in [7, 11) is 19.4. The van der Waals surface area contributed by atoms with Crippen LogP contribution in [0.4, 0.5) is 0 Å². The molecule has 0 aliphatic carbocycles. The molecule has 0 saturated carbocycles. The van der Waals surface area contributed by atoms with Gasteiger partial charge in [-0.1, -0.05) is 0 Å². The van der Waals surface area contributed by atoms with Gasteiger partial charge in [-0.05, 0) is 0 Å². The van der Waals surface area contributed by atoms with Crippen LogP contribution in [0.5, 0.6) is 0 Å². The Morgan fingerprint density at radius 3 is 1.25 bits per heavy atom. The van der Waals surface area contributed by atoms with Crippen molar-refractivity contribution >= 4 is 27.9 Å². The third-order valence-corrected chi connectivity index (χ3v) is 8.25. The van der Waals surface area contributed by atoms with Crippen molar-refractivity contribution in [2.75, 3.05) is 0 Å². The first-order chi connectivity index (χ1) is 9.57. The number of hydrogen-bond donors (Lipinski definition) is 0. The van der Waals surface area contributed by atoms with Crippen molar-refractivity contribution in [3.63, 3.8) is 0 Å². The number of halogens is 3. The number of hydrogen-bond acceptors (Lipinski definition) is 3. The van der Waals surface area contributed by atoms with E-state index in [1.807, 2.05) is 0 Å². The molecule has 10 heteroatoms. The average Bonchev–Trinajstić information content (AvgIpc) is 3.13. The Balaban J connectivity index is 2.37. The maximum atomic E-state index is 6.47. The minimum absolute atomic E-state index is 1.19. The second kappa shape index (κ2) is 5.20. The van der Waals surface area contributed by atoms with E-state index in [2.05, 4.69) is 15.3 Å². The van der Waals surface area contributed by atoms with Gasteiger partial charge in [0, 0.05) is 0 Å². The predicted octanol–water partition coefficient (Wildman–Crippen LogP) is 2.56. The van der Waals surface area contributed by atoms with Gasteiger partial charge in [-0.25, -0.2) is 0 Å². The van der Waals surface area contributed by atoms with Gasteiger partial charge in [0.15, 0.2) is 0 Å². The van der Waals surface area contributed by atoms with Gasteiger partial charge in [0.2, 0.25) is 0 Å². The van der Waals surface area contributed by atoms with Crippen LogP contribution in [0.1, 0.15) is 0 Å². The van der Waals surface area contributed by atoms with Crippen LogP contribution in [0.25, 0.3) is 0 Å². The minimum atomic E-state index is -4.01. The predicted molar refractivity (Wildman–Crippen MR) is 73.0 cm³/mol. The molecule has 3 heterocycles. The standard InChI is InChI=1S/C10H9N6.3ClH.Ti/c1-4-11-14(7-1)10(15-8-2-5-12-15)16-9-3-6-13-16;;;;/h1-9H;3*1H;/q;;;;+3/p-3. The zero-order valence-electron chi connectivity index (χ0n) is 10.0. The van der Waals surface area contributed by atoms with Crippen molar-refractivity contribution in [1.82, 2.24) is 29.3 Å². The second-order valence-corrected chi connectivity index (χ2v) is 16.0. The van der Waals surface area contributed by atoms with Crippen LogP contribution in [0, 0.1) is 0 Å². The van der Waals surface area contributed by atoms with Crippen molar-refractivity contribution in [1.29, 1.82) is 0 Å². The molecule has 0 aliphatic heterocycles. The Morgan fingerprint density at radius 1 is 0.700 bits per heavy atom. The molecule has 0 fully saturated rings. The summed E-state index contributed by atoms with van der Waals surface area (Å²) in [5.41, 5.74) is 0. The summed E-state index contributed by atoms with van der Waals surface area (Å²) in [5, 5.41) is 12.8. The van der Waals surface area contributed by atoms with Gasteiger partial charge in [0.25, 0.3) is 0 Å². The molecule has 0 spiro atoms. The molecule has 0 aromatic carbocycles. The average molecular weight is 367 g/mol. The van der Waals surface area contributed by atoms with Gasteiger partial charge in [-0.2, -0.15) is 0 Å². The normalized spacial score (nSPS) is 12.8. The molecule has 0 N–H and O–H groups in total. The topological polar surface area (TPSA) is 53.5 Å². The van der Waals surface area contributed by atoms with Crippen LogP contribution in [-0.2, 0) is 17.5 Å². The Kier molecular flexibility index (Phi) is 3.68. The first-order valence-electron chi connectivity index (χ1n) is 5.64. The molecule has 0 bridgehead atoms. The first kappa shape index (κ1) is 14.2. The molecule has 3 rings (SSSR count). The van der Waals surface area contributed by atoms with Crippen molar-refractivity contribution in [3.05, 3.63) is 55.4 Å². The van der Waals surface area contributed by atoms with Gasteiger partial charge < -0.3 is 0 Å². The van der Waals surface area contributed by atoms with Crippen LogP contribution in [0.15, 0.2) is 55.4 Å². The molecule has 0 aliphatic rings. The van der Waals surface area contributed by atoms with Gasteiger partial charge in [-0.3, -0.25) is 0 Å². The molecular formula is C10H9Cl3N6Ti. The number of rotatable bonds is 4. The zero-order chi connectivity index (χ0) is 14.2. The zero-order valence-corrected chi connectivity index (χ0v) is 13.8. The Bertz CT molecular complexity index is 574. The molecule has 0 amide bonds. The fourth-order valence-electron chi connectivity index (χ4n) is 2.06. The summed E-state index contributed by atoms with van der Waals surface area (Å²) in [6, 6.07) is 5.29. The van der Waals surface area contributed by atoms with E-state index in [0.29, 0.717) is 0 Å². The fraction of sp³-hybridized carbons (Fsp3) is 0.100. The number of nitrogens with zero attached hydrogens (tertiary/aromatic N) is 6. The summed E-state index contributed by atoms with van der Waals surface area (Å²) in [6.07, 6.45) is 10.1. The van der Waals surface area contributed by atoms with E-state index in [9.17, 15) is 0 Å². The Morgan fingerprint density at radius 2 is 1.05 bits per heavy atom. The number of aromatic nitrogens is 6.